The molecule has 1 heterocycles. The predicted octanol–water partition coefficient (Wildman–Crippen LogP) is 4.81. The number of carbonyl (C=O) groups is 1. The lowest BCUT2D eigenvalue weighted by Gasteiger charge is -2.12. The van der Waals surface area contributed by atoms with Gasteiger partial charge in [-0.1, -0.05) is 42.5 Å². The lowest BCUT2D eigenvalue weighted by molar-refractivity contribution is 0.0950. The van der Waals surface area contributed by atoms with Gasteiger partial charge < -0.3 is 14.8 Å². The zero-order chi connectivity index (χ0) is 20.1. The number of carbonyl (C=O) groups excluding carboxylic acids is 1. The third-order valence-corrected chi connectivity index (χ3v) is 5.44. The molecule has 5 nitrogen and oxygen atoms in total. The van der Waals surface area contributed by atoms with Crippen molar-refractivity contribution in [2.24, 2.45) is 0 Å². The largest absolute Gasteiger partial charge is 0.493 e. The molecule has 0 saturated heterocycles. The fourth-order valence-corrected chi connectivity index (χ4v) is 3.82. The molecule has 0 atom stereocenters. The zero-order valence-electron chi connectivity index (χ0n) is 15.9. The van der Waals surface area contributed by atoms with Gasteiger partial charge in [0.1, 0.15) is 11.6 Å². The molecule has 6 heteroatoms. The number of nitrogens with one attached hydrogen (secondary N) is 1. The van der Waals surface area contributed by atoms with Crippen molar-refractivity contribution in [1.82, 2.24) is 10.3 Å². The van der Waals surface area contributed by atoms with Crippen LogP contribution in [0.5, 0.6) is 11.5 Å². The van der Waals surface area contributed by atoms with Gasteiger partial charge in [-0.05, 0) is 35.9 Å². The highest BCUT2D eigenvalue weighted by atomic mass is 32.1. The van der Waals surface area contributed by atoms with Crippen LogP contribution in [-0.2, 0) is 13.2 Å². The molecule has 0 fully saturated rings. The van der Waals surface area contributed by atoms with E-state index in [1.54, 1.807) is 36.6 Å². The smallest absolute Gasteiger partial charge is 0.251 e. The summed E-state index contributed by atoms with van der Waals surface area (Å²) in [5.41, 5.74) is 2.52. The molecule has 0 saturated carbocycles. The van der Waals surface area contributed by atoms with Crippen LogP contribution in [0, 0.1) is 0 Å². The maximum absolute atomic E-state index is 12.6. The fourth-order valence-electron chi connectivity index (χ4n) is 2.92. The number of amides is 1. The topological polar surface area (TPSA) is 60.5 Å². The van der Waals surface area contributed by atoms with E-state index in [0.717, 1.165) is 20.8 Å². The SMILES string of the molecule is COc1cc(C(=O)NCc2nc3ccccc3s2)ccc1OCc1ccccc1. The Bertz CT molecular complexity index is 1090. The molecule has 146 valence electrons. The van der Waals surface area contributed by atoms with Crippen molar-refractivity contribution in [3.05, 3.63) is 88.9 Å². The molecule has 29 heavy (non-hydrogen) atoms. The van der Waals surface area contributed by atoms with Crippen LogP contribution < -0.4 is 14.8 Å². The Morgan fingerprint density at radius 3 is 2.59 bits per heavy atom. The number of thiazole rings is 1. The first kappa shape index (κ1) is 19.0. The van der Waals surface area contributed by atoms with Gasteiger partial charge in [-0.15, -0.1) is 11.3 Å². The predicted molar refractivity (Wildman–Crippen MR) is 115 cm³/mol. The normalized spacial score (nSPS) is 10.7. The summed E-state index contributed by atoms with van der Waals surface area (Å²) in [5, 5.41) is 3.79. The number of nitrogens with zero attached hydrogens (tertiary/aromatic N) is 1. The second-order valence-electron chi connectivity index (χ2n) is 6.40. The van der Waals surface area contributed by atoms with E-state index in [9.17, 15) is 4.79 Å². The summed E-state index contributed by atoms with van der Waals surface area (Å²) in [6, 6.07) is 23.0. The fraction of sp³-hybridized carbons (Fsp3) is 0.130. The van der Waals surface area contributed by atoms with Crippen LogP contribution >= 0.6 is 11.3 Å². The summed E-state index contributed by atoms with van der Waals surface area (Å²) >= 11 is 1.58. The Morgan fingerprint density at radius 2 is 1.79 bits per heavy atom. The van der Waals surface area contributed by atoms with Gasteiger partial charge >= 0.3 is 0 Å². The minimum Gasteiger partial charge on any atom is -0.493 e. The van der Waals surface area contributed by atoms with Gasteiger partial charge in [-0.3, -0.25) is 4.79 Å². The third kappa shape index (κ3) is 4.55. The van der Waals surface area contributed by atoms with Gasteiger partial charge in [-0.25, -0.2) is 4.98 Å². The van der Waals surface area contributed by atoms with Gasteiger partial charge in [0.15, 0.2) is 11.5 Å². The highest BCUT2D eigenvalue weighted by Crippen LogP contribution is 2.29. The lowest BCUT2D eigenvalue weighted by atomic mass is 10.2. The van der Waals surface area contributed by atoms with Crippen LogP contribution in [0.25, 0.3) is 10.2 Å². The summed E-state index contributed by atoms with van der Waals surface area (Å²) in [5.74, 6) is 0.935. The minimum atomic E-state index is -0.183. The number of hydrogen-bond acceptors (Lipinski definition) is 5. The molecule has 0 unspecified atom stereocenters. The van der Waals surface area contributed by atoms with Gasteiger partial charge in [-0.2, -0.15) is 0 Å². The summed E-state index contributed by atoms with van der Waals surface area (Å²) in [7, 11) is 1.56. The Kier molecular flexibility index (Phi) is 5.72. The molecule has 0 radical (unpaired) electrons. The average Bonchev–Trinajstić information content (AvgIpc) is 3.19. The Morgan fingerprint density at radius 1 is 1.00 bits per heavy atom. The van der Waals surface area contributed by atoms with E-state index in [4.69, 9.17) is 9.47 Å². The van der Waals surface area contributed by atoms with Crippen molar-refractivity contribution < 1.29 is 14.3 Å². The molecule has 0 aliphatic carbocycles. The molecule has 1 aromatic heterocycles. The number of para-hydroxylation sites is 1. The molecule has 0 bridgehead atoms. The highest BCUT2D eigenvalue weighted by molar-refractivity contribution is 7.18. The Labute approximate surface area is 172 Å². The molecule has 4 aromatic rings. The number of aromatic nitrogens is 1. The third-order valence-electron chi connectivity index (χ3n) is 4.40. The van der Waals surface area contributed by atoms with Crippen LogP contribution in [0.2, 0.25) is 0 Å². The van der Waals surface area contributed by atoms with Crippen LogP contribution in [0.15, 0.2) is 72.8 Å². The van der Waals surface area contributed by atoms with Crippen molar-refractivity contribution in [2.75, 3.05) is 7.11 Å². The molecular weight excluding hydrogens is 384 g/mol. The summed E-state index contributed by atoms with van der Waals surface area (Å²) in [4.78, 5) is 17.1. The first-order chi connectivity index (χ1) is 14.2. The van der Waals surface area contributed by atoms with E-state index in [0.29, 0.717) is 30.2 Å². The molecule has 4 rings (SSSR count). The van der Waals surface area contributed by atoms with Gasteiger partial charge in [0.05, 0.1) is 23.9 Å². The van der Waals surface area contributed by atoms with Gasteiger partial charge in [0, 0.05) is 5.56 Å². The van der Waals surface area contributed by atoms with E-state index < -0.39 is 0 Å². The average molecular weight is 404 g/mol. The highest BCUT2D eigenvalue weighted by Gasteiger charge is 2.12. The van der Waals surface area contributed by atoms with E-state index in [1.807, 2.05) is 54.6 Å². The van der Waals surface area contributed by atoms with E-state index in [2.05, 4.69) is 10.3 Å². The number of hydrogen-bond donors (Lipinski definition) is 1. The molecule has 3 aromatic carbocycles. The summed E-state index contributed by atoms with van der Waals surface area (Å²) < 4.78 is 12.4. The molecule has 0 aliphatic heterocycles. The van der Waals surface area contributed by atoms with Crippen molar-refractivity contribution >= 4 is 27.5 Å². The van der Waals surface area contributed by atoms with E-state index in [-0.39, 0.29) is 5.91 Å². The second-order valence-corrected chi connectivity index (χ2v) is 7.51. The van der Waals surface area contributed by atoms with E-state index >= 15 is 0 Å². The monoisotopic (exact) mass is 404 g/mol. The van der Waals surface area contributed by atoms with Crippen LogP contribution in [0.1, 0.15) is 20.9 Å². The van der Waals surface area contributed by atoms with Crippen molar-refractivity contribution in [3.63, 3.8) is 0 Å². The zero-order valence-corrected chi connectivity index (χ0v) is 16.7. The molecular formula is C23H20N2O3S. The summed E-state index contributed by atoms with van der Waals surface area (Å²) in [6.07, 6.45) is 0. The number of ether oxygens (including phenoxy) is 2. The second kappa shape index (κ2) is 8.75. The van der Waals surface area contributed by atoms with Crippen LogP contribution in [-0.4, -0.2) is 18.0 Å². The van der Waals surface area contributed by atoms with Crippen molar-refractivity contribution in [1.29, 1.82) is 0 Å². The number of methoxy groups -OCH3 is 1. The lowest BCUT2D eigenvalue weighted by Crippen LogP contribution is -2.22. The minimum absolute atomic E-state index is 0.183. The quantitative estimate of drug-likeness (QED) is 0.480. The van der Waals surface area contributed by atoms with E-state index in [1.165, 1.54) is 0 Å². The maximum Gasteiger partial charge on any atom is 0.251 e. The summed E-state index contributed by atoms with van der Waals surface area (Å²) in [6.45, 7) is 0.813. The number of benzene rings is 3. The molecule has 1 amide bonds. The molecule has 1 N–H and O–H groups in total. The van der Waals surface area contributed by atoms with Crippen LogP contribution in [0.3, 0.4) is 0 Å². The van der Waals surface area contributed by atoms with Crippen LogP contribution in [0.4, 0.5) is 0 Å². The Hall–Kier alpha value is -3.38. The first-order valence-corrected chi connectivity index (χ1v) is 10.0. The van der Waals surface area contributed by atoms with Crippen molar-refractivity contribution in [3.8, 4) is 11.5 Å². The molecule has 0 aliphatic rings. The number of rotatable bonds is 7. The standard InChI is InChI=1S/C23H20N2O3S/c1-27-20-13-17(11-12-19(20)28-15-16-7-3-2-4-8-16)23(26)24-14-22-25-18-9-5-6-10-21(18)29-22/h2-13H,14-15H2,1H3,(H,24,26). The first-order valence-electron chi connectivity index (χ1n) is 9.20. The maximum atomic E-state index is 12.6. The Balaban J connectivity index is 1.41. The van der Waals surface area contributed by atoms with Gasteiger partial charge in [0.25, 0.3) is 5.91 Å². The van der Waals surface area contributed by atoms with Crippen molar-refractivity contribution in [2.45, 2.75) is 13.2 Å². The molecule has 0 spiro atoms. The van der Waals surface area contributed by atoms with Gasteiger partial charge in [0.2, 0.25) is 0 Å². The number of fused-ring (bicyclic) bond motifs is 1.